The van der Waals surface area contributed by atoms with Crippen LogP contribution in [0.1, 0.15) is 0 Å². The molecule has 1 aliphatic rings. The number of rotatable bonds is 4. The van der Waals surface area contributed by atoms with Crippen LogP contribution in [0.5, 0.6) is 0 Å². The molecule has 1 aliphatic heterocycles. The summed E-state index contributed by atoms with van der Waals surface area (Å²) < 4.78 is 0. The van der Waals surface area contributed by atoms with Crippen molar-refractivity contribution in [2.45, 2.75) is 0 Å². The molecule has 0 fully saturated rings. The fraction of sp³-hybridized carbons (Fsp3) is 0. The van der Waals surface area contributed by atoms with Crippen LogP contribution < -0.4 is 41.8 Å². The predicted molar refractivity (Wildman–Crippen MR) is 233 cm³/mol. The van der Waals surface area contributed by atoms with Gasteiger partial charge in [-0.2, -0.15) is 0 Å². The third kappa shape index (κ3) is 4.38. The molecule has 0 spiro atoms. The summed E-state index contributed by atoms with van der Waals surface area (Å²) in [7, 11) is -6.22. The summed E-state index contributed by atoms with van der Waals surface area (Å²) in [5.74, 6) is 0. The molecule has 10 aromatic rings. The van der Waals surface area contributed by atoms with Crippen LogP contribution in [-0.4, -0.2) is 26.1 Å². The van der Waals surface area contributed by atoms with Crippen LogP contribution in [0.25, 0.3) is 43.1 Å². The Bertz CT molecular complexity index is 2680. The van der Waals surface area contributed by atoms with Gasteiger partial charge in [0.1, 0.15) is 0 Å². The fourth-order valence-electron chi connectivity index (χ4n) is 9.46. The Morgan fingerprint density at radius 2 is 0.556 bits per heavy atom. The average molecular weight is 719 g/mol. The van der Waals surface area contributed by atoms with Crippen LogP contribution >= 0.6 is 0 Å². The Morgan fingerprint density at radius 1 is 0.259 bits per heavy atom. The normalized spacial score (nSPS) is 14.2. The molecular formula is C50H34N2Si2. The van der Waals surface area contributed by atoms with Crippen molar-refractivity contribution in [3.63, 3.8) is 0 Å². The summed E-state index contributed by atoms with van der Waals surface area (Å²) in [5.41, 5.74) is 0. The first-order valence-corrected chi connectivity index (χ1v) is 22.6. The van der Waals surface area contributed by atoms with Crippen LogP contribution in [0.3, 0.4) is 0 Å². The van der Waals surface area contributed by atoms with Crippen molar-refractivity contribution in [1.82, 2.24) is 9.97 Å². The fourth-order valence-corrected chi connectivity index (χ4v) is 21.1. The molecule has 0 radical (unpaired) electrons. The molecule has 0 saturated carbocycles. The first-order chi connectivity index (χ1) is 26.7. The predicted octanol–water partition coefficient (Wildman–Crippen LogP) is 6.16. The Labute approximate surface area is 316 Å². The largest absolute Gasteiger partial charge is 0.265 e. The van der Waals surface area contributed by atoms with E-state index in [1.165, 1.54) is 84.8 Å². The minimum absolute atomic E-state index is 1.19. The van der Waals surface area contributed by atoms with Gasteiger partial charge >= 0.3 is 0 Å². The molecule has 0 aliphatic carbocycles. The third-order valence-corrected chi connectivity index (χ3v) is 21.7. The third-order valence-electron chi connectivity index (χ3n) is 11.9. The van der Waals surface area contributed by atoms with Crippen LogP contribution in [-0.2, 0) is 0 Å². The lowest BCUT2D eigenvalue weighted by molar-refractivity contribution is 1.35. The van der Waals surface area contributed by atoms with E-state index in [2.05, 4.69) is 194 Å². The van der Waals surface area contributed by atoms with Gasteiger partial charge in [-0.1, -0.05) is 182 Å². The molecule has 0 bridgehead atoms. The van der Waals surface area contributed by atoms with E-state index in [1.807, 2.05) is 12.4 Å². The van der Waals surface area contributed by atoms with E-state index in [4.69, 9.17) is 9.97 Å². The summed E-state index contributed by atoms with van der Waals surface area (Å²) in [6.45, 7) is 0. The molecule has 0 unspecified atom stereocenters. The first-order valence-electron chi connectivity index (χ1n) is 18.6. The van der Waals surface area contributed by atoms with E-state index >= 15 is 0 Å². The lowest BCUT2D eigenvalue weighted by atomic mass is 10.1. The highest BCUT2D eigenvalue weighted by Crippen LogP contribution is 2.23. The molecule has 54 heavy (non-hydrogen) atoms. The van der Waals surface area contributed by atoms with Crippen LogP contribution in [0, 0.1) is 0 Å². The van der Waals surface area contributed by atoms with E-state index in [0.717, 1.165) is 0 Å². The smallest absolute Gasteiger partial charge is 0.223 e. The molecule has 252 valence electrons. The highest BCUT2D eigenvalue weighted by atomic mass is 28.3. The Kier molecular flexibility index (Phi) is 6.93. The van der Waals surface area contributed by atoms with Gasteiger partial charge in [0.05, 0.1) is 0 Å². The lowest BCUT2D eigenvalue weighted by Crippen LogP contribution is -2.94. The minimum atomic E-state index is -3.16. The zero-order chi connectivity index (χ0) is 35.7. The van der Waals surface area contributed by atoms with E-state index < -0.39 is 16.1 Å². The summed E-state index contributed by atoms with van der Waals surface area (Å²) in [6, 6.07) is 72.7. The topological polar surface area (TPSA) is 25.8 Å². The monoisotopic (exact) mass is 718 g/mol. The van der Waals surface area contributed by atoms with Crippen molar-refractivity contribution in [2.24, 2.45) is 0 Å². The van der Waals surface area contributed by atoms with Gasteiger partial charge in [0, 0.05) is 23.0 Å². The van der Waals surface area contributed by atoms with Gasteiger partial charge in [-0.3, -0.25) is 9.97 Å². The van der Waals surface area contributed by atoms with Gasteiger partial charge in [0.2, 0.25) is 8.07 Å². The molecule has 3 heterocycles. The molecule has 2 nitrogen and oxygen atoms in total. The molecule has 0 atom stereocenters. The van der Waals surface area contributed by atoms with Crippen molar-refractivity contribution in [1.29, 1.82) is 0 Å². The Hall–Kier alpha value is -6.47. The van der Waals surface area contributed by atoms with Crippen molar-refractivity contribution in [2.75, 3.05) is 0 Å². The number of benzene rings is 8. The average Bonchev–Trinajstić information content (AvgIpc) is 3.25. The van der Waals surface area contributed by atoms with Crippen LogP contribution in [0.15, 0.2) is 207 Å². The summed E-state index contributed by atoms with van der Waals surface area (Å²) in [6.07, 6.45) is 4.05. The second-order valence-corrected chi connectivity index (χ2v) is 21.9. The quantitative estimate of drug-likeness (QED) is 0.204. The van der Waals surface area contributed by atoms with Gasteiger partial charge in [0.25, 0.3) is 0 Å². The zero-order valence-electron chi connectivity index (χ0n) is 29.5. The maximum Gasteiger partial charge on any atom is 0.223 e. The van der Waals surface area contributed by atoms with E-state index in [9.17, 15) is 0 Å². The number of pyridine rings is 2. The Balaban J connectivity index is 1.34. The van der Waals surface area contributed by atoms with Crippen LogP contribution in [0.4, 0.5) is 0 Å². The molecule has 2 aromatic heterocycles. The van der Waals surface area contributed by atoms with Crippen molar-refractivity contribution >= 4 is 101 Å². The first kappa shape index (κ1) is 31.1. The maximum absolute atomic E-state index is 5.61. The zero-order valence-corrected chi connectivity index (χ0v) is 31.5. The molecule has 4 heteroatoms. The van der Waals surface area contributed by atoms with Gasteiger partial charge in [-0.15, -0.1) is 0 Å². The van der Waals surface area contributed by atoms with Crippen LogP contribution in [0.2, 0.25) is 0 Å². The minimum Gasteiger partial charge on any atom is -0.265 e. The Morgan fingerprint density at radius 3 is 0.889 bits per heavy atom. The summed E-state index contributed by atoms with van der Waals surface area (Å²) in [5, 5.41) is 20.3. The second kappa shape index (κ2) is 12.0. The molecule has 11 rings (SSSR count). The van der Waals surface area contributed by atoms with E-state index in [1.54, 1.807) is 0 Å². The number of fused-ring (bicyclic) bond motifs is 6. The number of aromatic nitrogens is 2. The summed E-state index contributed by atoms with van der Waals surface area (Å²) >= 11 is 0. The van der Waals surface area contributed by atoms with Gasteiger partial charge < -0.3 is 0 Å². The highest BCUT2D eigenvalue weighted by molar-refractivity contribution is 7.32. The maximum atomic E-state index is 5.61. The van der Waals surface area contributed by atoms with Gasteiger partial charge in [0.15, 0.2) is 8.07 Å². The van der Waals surface area contributed by atoms with Crippen molar-refractivity contribution in [3.05, 3.63) is 207 Å². The molecule has 0 saturated heterocycles. The SMILES string of the molecule is c1cnc2c(c1)[Si](c1ccc3ccccc3c1)(c1ccc3ccccc3c1)c1cccnc1[Si]2(c1ccc2ccccc2c1)c1ccc2ccccc2c1. The molecule has 8 aromatic carbocycles. The van der Waals surface area contributed by atoms with E-state index in [0.29, 0.717) is 0 Å². The molecule has 0 amide bonds. The molecule has 0 N–H and O–H groups in total. The lowest BCUT2D eigenvalue weighted by Gasteiger charge is -2.47. The number of hydrogen-bond acceptors (Lipinski definition) is 2. The van der Waals surface area contributed by atoms with Gasteiger partial charge in [-0.05, 0) is 86.3 Å². The highest BCUT2D eigenvalue weighted by Gasteiger charge is 2.58. The number of nitrogens with zero attached hydrogens (tertiary/aromatic N) is 2. The van der Waals surface area contributed by atoms with E-state index in [-0.39, 0.29) is 0 Å². The number of hydrogen-bond donors (Lipinski definition) is 0. The van der Waals surface area contributed by atoms with Crippen molar-refractivity contribution < 1.29 is 0 Å². The summed E-state index contributed by atoms with van der Waals surface area (Å²) in [4.78, 5) is 11.2. The molecular weight excluding hydrogens is 685 g/mol. The standard InChI is InChI=1S/C50H34N2Si2/c1-5-15-39-31-43(25-21-35(39)11-1)53(44-26-22-36-12-2-6-16-40(36)32-44)47-19-9-29-51-49(47)54(50-48(53)20-10-30-52-50,45-27-23-37-13-3-7-17-41(37)33-45)46-28-24-38-14-4-8-18-42(38)34-46/h1-34H. The van der Waals surface area contributed by atoms with Crippen molar-refractivity contribution in [3.8, 4) is 0 Å². The van der Waals surface area contributed by atoms with Gasteiger partial charge in [-0.25, -0.2) is 0 Å². The second-order valence-electron chi connectivity index (χ2n) is 14.5.